The van der Waals surface area contributed by atoms with E-state index < -0.39 is 9.84 Å². The van der Waals surface area contributed by atoms with E-state index in [0.717, 1.165) is 26.9 Å². The summed E-state index contributed by atoms with van der Waals surface area (Å²) in [5.74, 6) is 1.28. The van der Waals surface area contributed by atoms with Crippen LogP contribution in [0.3, 0.4) is 0 Å². The number of hydrogen-bond acceptors (Lipinski definition) is 7. The zero-order chi connectivity index (χ0) is 27.0. The standard InChI is InChI=1S/C27H24BrN7O3S/c28-23-16-29-26-22(5-2-10-35(23)26)25-31-24(32-33-25)19-6-8-21(9-7-19)30-27(36)20-4-1-3-18(15-20)17-34-11-13-39(37,38)14-12-34/h1-10,15-16H,11-14,17H2,(H,30,36)(H,31,32,33). The lowest BCUT2D eigenvalue weighted by Gasteiger charge is -2.26. The molecule has 1 aliphatic heterocycles. The van der Waals surface area contributed by atoms with Crippen LogP contribution in [0, 0.1) is 0 Å². The van der Waals surface area contributed by atoms with Crippen molar-refractivity contribution in [1.82, 2.24) is 29.5 Å². The van der Waals surface area contributed by atoms with Crippen molar-refractivity contribution in [3.05, 3.63) is 88.8 Å². The molecule has 3 aromatic heterocycles. The number of carbonyl (C=O) groups excluding carboxylic acids is 1. The summed E-state index contributed by atoms with van der Waals surface area (Å²) in [5.41, 5.74) is 4.56. The molecule has 1 saturated heterocycles. The van der Waals surface area contributed by atoms with Crippen molar-refractivity contribution in [3.8, 4) is 22.8 Å². The lowest BCUT2D eigenvalue weighted by Crippen LogP contribution is -2.39. The van der Waals surface area contributed by atoms with Gasteiger partial charge in [0.1, 0.15) is 10.3 Å². The molecule has 2 N–H and O–H groups in total. The molecule has 0 spiro atoms. The van der Waals surface area contributed by atoms with E-state index >= 15 is 0 Å². The number of aromatic amines is 1. The number of rotatable bonds is 6. The topological polar surface area (TPSA) is 125 Å². The number of nitrogens with one attached hydrogen (secondary N) is 2. The molecule has 0 atom stereocenters. The summed E-state index contributed by atoms with van der Waals surface area (Å²) in [6.07, 6.45) is 3.66. The van der Waals surface area contributed by atoms with E-state index in [9.17, 15) is 13.2 Å². The number of benzene rings is 2. The normalized spacial score (nSPS) is 15.4. The summed E-state index contributed by atoms with van der Waals surface area (Å²) in [7, 11) is -2.92. The SMILES string of the molecule is O=C(Nc1ccc(-c2n[nH]c(-c3cccn4c(Br)cnc34)n2)cc1)c1cccc(CN2CCS(=O)(=O)CC2)c1. The highest BCUT2D eigenvalue weighted by atomic mass is 79.9. The van der Waals surface area contributed by atoms with Gasteiger partial charge in [0.05, 0.1) is 23.3 Å². The van der Waals surface area contributed by atoms with Gasteiger partial charge in [-0.25, -0.2) is 18.4 Å². The van der Waals surface area contributed by atoms with E-state index in [1.165, 1.54) is 0 Å². The van der Waals surface area contributed by atoms with Gasteiger partial charge in [-0.1, -0.05) is 12.1 Å². The van der Waals surface area contributed by atoms with E-state index in [-0.39, 0.29) is 17.4 Å². The first kappa shape index (κ1) is 25.4. The zero-order valence-corrected chi connectivity index (χ0v) is 23.1. The molecule has 10 nitrogen and oxygen atoms in total. The zero-order valence-electron chi connectivity index (χ0n) is 20.7. The smallest absolute Gasteiger partial charge is 0.255 e. The van der Waals surface area contributed by atoms with Crippen LogP contribution in [-0.2, 0) is 16.4 Å². The Hall–Kier alpha value is -3.87. The lowest BCUT2D eigenvalue weighted by atomic mass is 10.1. The number of amides is 1. The third-order valence-corrected chi connectivity index (χ3v) is 8.86. The number of anilines is 1. The number of nitrogens with zero attached hydrogens (tertiary/aromatic N) is 5. The monoisotopic (exact) mass is 605 g/mol. The van der Waals surface area contributed by atoms with Crippen LogP contribution in [0.25, 0.3) is 28.4 Å². The largest absolute Gasteiger partial charge is 0.322 e. The van der Waals surface area contributed by atoms with Crippen LogP contribution in [0.5, 0.6) is 0 Å². The minimum absolute atomic E-state index is 0.177. The molecule has 0 aliphatic carbocycles. The van der Waals surface area contributed by atoms with Crippen molar-refractivity contribution in [2.75, 3.05) is 29.9 Å². The van der Waals surface area contributed by atoms with Gasteiger partial charge in [-0.3, -0.25) is 19.2 Å². The summed E-state index contributed by atoms with van der Waals surface area (Å²) in [6.45, 7) is 1.62. The Kier molecular flexibility index (Phi) is 6.75. The summed E-state index contributed by atoms with van der Waals surface area (Å²) in [5, 5.41) is 10.3. The van der Waals surface area contributed by atoms with Crippen LogP contribution in [0.2, 0.25) is 0 Å². The van der Waals surface area contributed by atoms with E-state index in [1.54, 1.807) is 12.3 Å². The molecule has 198 valence electrons. The van der Waals surface area contributed by atoms with E-state index in [1.807, 2.05) is 65.2 Å². The molecule has 39 heavy (non-hydrogen) atoms. The Bertz CT molecular complexity index is 1770. The van der Waals surface area contributed by atoms with Crippen molar-refractivity contribution < 1.29 is 13.2 Å². The van der Waals surface area contributed by atoms with Crippen LogP contribution < -0.4 is 5.32 Å². The van der Waals surface area contributed by atoms with E-state index in [0.29, 0.717) is 42.5 Å². The van der Waals surface area contributed by atoms with Gasteiger partial charge in [0.2, 0.25) is 0 Å². The summed E-state index contributed by atoms with van der Waals surface area (Å²) in [4.78, 5) is 24.1. The minimum Gasteiger partial charge on any atom is -0.322 e. The Balaban J connectivity index is 1.12. The van der Waals surface area contributed by atoms with Crippen molar-refractivity contribution in [2.45, 2.75) is 6.54 Å². The van der Waals surface area contributed by atoms with Crippen molar-refractivity contribution in [3.63, 3.8) is 0 Å². The maximum Gasteiger partial charge on any atom is 0.255 e. The molecule has 6 rings (SSSR count). The highest BCUT2D eigenvalue weighted by Crippen LogP contribution is 2.26. The maximum absolute atomic E-state index is 12.9. The van der Waals surface area contributed by atoms with Gasteiger partial charge in [-0.15, -0.1) is 0 Å². The molecule has 0 bridgehead atoms. The molecule has 1 aliphatic rings. The molecule has 12 heteroatoms. The van der Waals surface area contributed by atoms with Crippen LogP contribution >= 0.6 is 15.9 Å². The third kappa shape index (κ3) is 5.49. The average Bonchev–Trinajstić information content (AvgIpc) is 3.58. The molecule has 0 saturated carbocycles. The van der Waals surface area contributed by atoms with Crippen LogP contribution in [0.4, 0.5) is 5.69 Å². The van der Waals surface area contributed by atoms with E-state index in [4.69, 9.17) is 0 Å². The Morgan fingerprint density at radius 2 is 1.85 bits per heavy atom. The summed E-state index contributed by atoms with van der Waals surface area (Å²) in [6, 6.07) is 18.6. The van der Waals surface area contributed by atoms with Gasteiger partial charge < -0.3 is 5.32 Å². The second-order valence-corrected chi connectivity index (χ2v) is 12.5. The van der Waals surface area contributed by atoms with Crippen molar-refractivity contribution in [2.24, 2.45) is 0 Å². The second kappa shape index (κ2) is 10.4. The highest BCUT2D eigenvalue weighted by Gasteiger charge is 2.21. The highest BCUT2D eigenvalue weighted by molar-refractivity contribution is 9.10. The number of H-pyrrole nitrogens is 1. The number of hydrogen-bond donors (Lipinski definition) is 2. The molecule has 0 radical (unpaired) electrons. The Morgan fingerprint density at radius 3 is 2.64 bits per heavy atom. The number of sulfone groups is 1. The Labute approximate surface area is 233 Å². The number of pyridine rings is 1. The number of halogens is 1. The first-order valence-corrected chi connectivity index (χ1v) is 14.9. The average molecular weight is 607 g/mol. The molecule has 1 amide bonds. The number of aromatic nitrogens is 5. The number of carbonyl (C=O) groups is 1. The number of imidazole rings is 1. The first-order valence-electron chi connectivity index (χ1n) is 12.3. The van der Waals surface area contributed by atoms with Gasteiger partial charge in [0.15, 0.2) is 21.5 Å². The van der Waals surface area contributed by atoms with Gasteiger partial charge in [0, 0.05) is 42.6 Å². The molecule has 0 unspecified atom stereocenters. The minimum atomic E-state index is -2.92. The fourth-order valence-electron chi connectivity index (χ4n) is 4.56. The van der Waals surface area contributed by atoms with Gasteiger partial charge >= 0.3 is 0 Å². The molecule has 2 aromatic carbocycles. The van der Waals surface area contributed by atoms with E-state index in [2.05, 4.69) is 46.3 Å². The van der Waals surface area contributed by atoms with Gasteiger partial charge in [0.25, 0.3) is 5.91 Å². The van der Waals surface area contributed by atoms with Crippen molar-refractivity contribution in [1.29, 1.82) is 0 Å². The van der Waals surface area contributed by atoms with Gasteiger partial charge in [-0.05, 0) is 70.0 Å². The second-order valence-electron chi connectivity index (χ2n) is 9.36. The molecular formula is C27H24BrN7O3S. The van der Waals surface area contributed by atoms with Crippen LogP contribution in [-0.4, -0.2) is 68.4 Å². The van der Waals surface area contributed by atoms with Gasteiger partial charge in [-0.2, -0.15) is 5.10 Å². The predicted octanol–water partition coefficient (Wildman–Crippen LogP) is 4.03. The van der Waals surface area contributed by atoms with Crippen LogP contribution in [0.15, 0.2) is 77.7 Å². The summed E-state index contributed by atoms with van der Waals surface area (Å²) >= 11 is 3.49. The Morgan fingerprint density at radius 1 is 1.05 bits per heavy atom. The fourth-order valence-corrected chi connectivity index (χ4v) is 6.23. The fraction of sp³-hybridized carbons (Fsp3) is 0.185. The summed E-state index contributed by atoms with van der Waals surface area (Å²) < 4.78 is 26.1. The predicted molar refractivity (Wildman–Crippen MR) is 152 cm³/mol. The quantitative estimate of drug-likeness (QED) is 0.299. The first-order chi connectivity index (χ1) is 18.8. The molecule has 5 aromatic rings. The lowest BCUT2D eigenvalue weighted by molar-refractivity contribution is 0.102. The molecule has 1 fully saturated rings. The van der Waals surface area contributed by atoms with Crippen LogP contribution in [0.1, 0.15) is 15.9 Å². The third-order valence-electron chi connectivity index (χ3n) is 6.66. The molecular weight excluding hydrogens is 582 g/mol. The number of fused-ring (bicyclic) bond motifs is 1. The molecule has 4 heterocycles. The maximum atomic E-state index is 12.9. The van der Waals surface area contributed by atoms with Crippen molar-refractivity contribution >= 4 is 43.0 Å².